The van der Waals surface area contributed by atoms with Gasteiger partial charge in [-0.1, -0.05) is 5.16 Å². The maximum absolute atomic E-state index is 12.9. The highest BCUT2D eigenvalue weighted by atomic mass is 19.4. The zero-order chi connectivity index (χ0) is 15.8. The van der Waals surface area contributed by atoms with E-state index in [2.05, 4.69) is 10.1 Å². The Bertz CT molecular complexity index is 569. The normalized spacial score (nSPS) is 19.1. The van der Waals surface area contributed by atoms with E-state index >= 15 is 0 Å². The lowest BCUT2D eigenvalue weighted by Crippen LogP contribution is -2.40. The van der Waals surface area contributed by atoms with Crippen LogP contribution in [0.2, 0.25) is 0 Å². The van der Waals surface area contributed by atoms with Crippen molar-refractivity contribution in [3.8, 4) is 0 Å². The average Bonchev–Trinajstić information content (AvgIpc) is 2.75. The number of nitrogens with two attached hydrogens (primary N) is 1. The van der Waals surface area contributed by atoms with Crippen molar-refractivity contribution in [2.45, 2.75) is 38.4 Å². The van der Waals surface area contributed by atoms with E-state index in [-0.39, 0.29) is 22.8 Å². The van der Waals surface area contributed by atoms with Gasteiger partial charge >= 0.3 is 6.18 Å². The highest BCUT2D eigenvalue weighted by molar-refractivity contribution is 6.01. The van der Waals surface area contributed by atoms with Gasteiger partial charge in [-0.2, -0.15) is 13.2 Å². The molecular weight excluding hydrogens is 285 g/mol. The van der Waals surface area contributed by atoms with Gasteiger partial charge in [0, 0.05) is 12.1 Å². The first-order chi connectivity index (χ1) is 9.66. The number of hydrogen-bond donors (Lipinski definition) is 2. The summed E-state index contributed by atoms with van der Waals surface area (Å²) in [5.74, 6) is -0.156. The molecule has 1 aliphatic rings. The van der Waals surface area contributed by atoms with Crippen molar-refractivity contribution in [2.75, 3.05) is 11.4 Å². The molecule has 0 aliphatic carbocycles. The number of alkyl halides is 3. The Labute approximate surface area is 120 Å². The lowest BCUT2D eigenvalue weighted by Gasteiger charge is -2.34. The molecule has 1 aromatic heterocycles. The molecule has 0 radical (unpaired) electrons. The Hall–Kier alpha value is -1.99. The van der Waals surface area contributed by atoms with Crippen LogP contribution in [-0.4, -0.2) is 28.1 Å². The molecule has 0 unspecified atom stereocenters. The Morgan fingerprint density at radius 2 is 2.10 bits per heavy atom. The standard InChI is InChI=1S/C13H17F3N4O/c1-12(2)6-3-7-20(12)11-8(10(17)19-21)4-5-9(18-11)13(14,15)16/h4-5,21H,3,6-7H2,1-2H3,(H2,17,19). The smallest absolute Gasteiger partial charge is 0.409 e. The molecule has 3 N–H and O–H groups in total. The zero-order valence-electron chi connectivity index (χ0n) is 11.8. The number of hydrogen-bond acceptors (Lipinski definition) is 4. The third-order valence-electron chi connectivity index (χ3n) is 3.71. The van der Waals surface area contributed by atoms with Gasteiger partial charge in [-0.25, -0.2) is 4.98 Å². The minimum atomic E-state index is -4.54. The molecule has 0 bridgehead atoms. The second-order valence-electron chi connectivity index (χ2n) is 5.62. The van der Waals surface area contributed by atoms with Crippen molar-refractivity contribution in [3.63, 3.8) is 0 Å². The van der Waals surface area contributed by atoms with E-state index in [0.29, 0.717) is 6.54 Å². The fraction of sp³-hybridized carbons (Fsp3) is 0.538. The lowest BCUT2D eigenvalue weighted by atomic mass is 10.0. The van der Waals surface area contributed by atoms with Gasteiger partial charge < -0.3 is 15.8 Å². The van der Waals surface area contributed by atoms with E-state index in [1.54, 1.807) is 4.90 Å². The summed E-state index contributed by atoms with van der Waals surface area (Å²) in [4.78, 5) is 5.49. The number of pyridine rings is 1. The molecule has 0 amide bonds. The predicted octanol–water partition coefficient (Wildman–Crippen LogP) is 2.57. The summed E-state index contributed by atoms with van der Waals surface area (Å²) in [6.07, 6.45) is -2.86. The summed E-state index contributed by atoms with van der Waals surface area (Å²) in [6, 6.07) is 2.02. The SMILES string of the molecule is CC1(C)CCCN1c1nc(C(F)(F)F)ccc1C(N)=NO. The Morgan fingerprint density at radius 3 is 2.57 bits per heavy atom. The number of aromatic nitrogens is 1. The maximum atomic E-state index is 12.9. The molecule has 1 aromatic rings. The molecule has 5 nitrogen and oxygen atoms in total. The predicted molar refractivity (Wildman–Crippen MR) is 72.4 cm³/mol. The van der Waals surface area contributed by atoms with E-state index in [0.717, 1.165) is 18.9 Å². The van der Waals surface area contributed by atoms with Gasteiger partial charge in [0.05, 0.1) is 5.56 Å². The van der Waals surface area contributed by atoms with Gasteiger partial charge in [-0.3, -0.25) is 0 Å². The molecule has 0 aromatic carbocycles. The highest BCUT2D eigenvalue weighted by Crippen LogP contribution is 2.36. The monoisotopic (exact) mass is 302 g/mol. The van der Waals surface area contributed by atoms with Crippen LogP contribution in [-0.2, 0) is 6.18 Å². The van der Waals surface area contributed by atoms with Crippen LogP contribution in [0.15, 0.2) is 17.3 Å². The number of amidine groups is 1. The molecule has 1 aliphatic heterocycles. The van der Waals surface area contributed by atoms with Crippen LogP contribution in [0.3, 0.4) is 0 Å². The van der Waals surface area contributed by atoms with E-state index in [1.165, 1.54) is 6.07 Å². The molecule has 2 rings (SSSR count). The first-order valence-electron chi connectivity index (χ1n) is 6.50. The number of nitrogens with zero attached hydrogens (tertiary/aromatic N) is 3. The largest absolute Gasteiger partial charge is 0.433 e. The molecule has 116 valence electrons. The van der Waals surface area contributed by atoms with Crippen molar-refractivity contribution in [3.05, 3.63) is 23.4 Å². The molecule has 0 atom stereocenters. The minimum absolute atomic E-state index is 0.0997. The first kappa shape index (κ1) is 15.4. The number of halogens is 3. The van der Waals surface area contributed by atoms with Crippen molar-refractivity contribution in [1.29, 1.82) is 0 Å². The first-order valence-corrected chi connectivity index (χ1v) is 6.50. The molecular formula is C13H17F3N4O. The quantitative estimate of drug-likeness (QED) is 0.381. The van der Waals surface area contributed by atoms with E-state index < -0.39 is 11.9 Å². The number of anilines is 1. The van der Waals surface area contributed by atoms with Crippen molar-refractivity contribution < 1.29 is 18.4 Å². The molecule has 8 heteroatoms. The third-order valence-corrected chi connectivity index (χ3v) is 3.71. The second-order valence-corrected chi connectivity index (χ2v) is 5.62. The van der Waals surface area contributed by atoms with Gasteiger partial charge in [0.2, 0.25) is 0 Å². The second kappa shape index (κ2) is 5.09. The summed E-state index contributed by atoms with van der Waals surface area (Å²) in [7, 11) is 0. The van der Waals surface area contributed by atoms with E-state index in [1.807, 2.05) is 13.8 Å². The van der Waals surface area contributed by atoms with Gasteiger partial charge in [0.1, 0.15) is 11.5 Å². The van der Waals surface area contributed by atoms with E-state index in [4.69, 9.17) is 10.9 Å². The molecule has 1 saturated heterocycles. The molecule has 2 heterocycles. The topological polar surface area (TPSA) is 74.7 Å². The van der Waals surface area contributed by atoms with Crippen molar-refractivity contribution in [1.82, 2.24) is 4.98 Å². The summed E-state index contributed by atoms with van der Waals surface area (Å²) in [5, 5.41) is 11.7. The van der Waals surface area contributed by atoms with Gasteiger partial charge in [0.25, 0.3) is 0 Å². The average molecular weight is 302 g/mol. The molecule has 0 saturated carbocycles. The van der Waals surface area contributed by atoms with Crippen LogP contribution in [0.25, 0.3) is 0 Å². The summed E-state index contributed by atoms with van der Waals surface area (Å²) >= 11 is 0. The van der Waals surface area contributed by atoms with Crippen molar-refractivity contribution in [2.24, 2.45) is 10.9 Å². The van der Waals surface area contributed by atoms with Crippen molar-refractivity contribution >= 4 is 11.7 Å². The Kier molecular flexibility index (Phi) is 3.73. The van der Waals surface area contributed by atoms with Crippen LogP contribution < -0.4 is 10.6 Å². The molecule has 21 heavy (non-hydrogen) atoms. The maximum Gasteiger partial charge on any atom is 0.433 e. The third kappa shape index (κ3) is 2.88. The van der Waals surface area contributed by atoms with Crippen LogP contribution in [0.1, 0.15) is 37.9 Å². The van der Waals surface area contributed by atoms with E-state index in [9.17, 15) is 13.2 Å². The Balaban J connectivity index is 2.59. The number of rotatable bonds is 2. The summed E-state index contributed by atoms with van der Waals surface area (Å²) in [6.45, 7) is 4.43. The fourth-order valence-electron chi connectivity index (χ4n) is 2.57. The Morgan fingerprint density at radius 1 is 1.43 bits per heavy atom. The van der Waals surface area contributed by atoms with Gasteiger partial charge in [-0.15, -0.1) is 0 Å². The summed E-state index contributed by atoms with van der Waals surface area (Å²) in [5.41, 5.74) is 4.43. The minimum Gasteiger partial charge on any atom is -0.409 e. The lowest BCUT2D eigenvalue weighted by molar-refractivity contribution is -0.141. The van der Waals surface area contributed by atoms with Gasteiger partial charge in [-0.05, 0) is 38.8 Å². The van der Waals surface area contributed by atoms with Crippen LogP contribution >= 0.6 is 0 Å². The zero-order valence-corrected chi connectivity index (χ0v) is 11.8. The van der Waals surface area contributed by atoms with Crippen LogP contribution in [0, 0.1) is 0 Å². The van der Waals surface area contributed by atoms with Crippen LogP contribution in [0.4, 0.5) is 19.0 Å². The van der Waals surface area contributed by atoms with Crippen LogP contribution in [0.5, 0.6) is 0 Å². The molecule has 1 fully saturated rings. The van der Waals surface area contributed by atoms with Gasteiger partial charge in [0.15, 0.2) is 5.84 Å². The summed E-state index contributed by atoms with van der Waals surface area (Å²) < 4.78 is 38.6. The highest BCUT2D eigenvalue weighted by Gasteiger charge is 2.38. The fourth-order valence-corrected chi connectivity index (χ4v) is 2.57. The molecule has 0 spiro atoms. The number of oxime groups is 1.